The molecule has 0 radical (unpaired) electrons. The van der Waals surface area contributed by atoms with E-state index in [2.05, 4.69) is 10.3 Å². The molecule has 0 spiro atoms. The first-order chi connectivity index (χ1) is 14.6. The lowest BCUT2D eigenvalue weighted by molar-refractivity contribution is 0.0946. The highest BCUT2D eigenvalue weighted by atomic mass is 35.5. The zero-order valence-electron chi connectivity index (χ0n) is 15.9. The summed E-state index contributed by atoms with van der Waals surface area (Å²) >= 11 is 6.14. The number of benzene rings is 2. The minimum absolute atomic E-state index is 0.126. The minimum Gasteiger partial charge on any atom is -0.506 e. The molecule has 4 rings (SSSR count). The first-order valence-corrected chi connectivity index (χ1v) is 9.70. The fraction of sp³-hybridized carbons (Fsp3) is 0.0870. The summed E-state index contributed by atoms with van der Waals surface area (Å²) in [7, 11) is 0. The molecule has 4 aromatic rings. The molecule has 0 aliphatic heterocycles. The molecule has 0 bridgehead atoms. The topological polar surface area (TPSA) is 84.2 Å². The van der Waals surface area contributed by atoms with Crippen molar-refractivity contribution in [3.8, 4) is 5.75 Å². The van der Waals surface area contributed by atoms with Crippen molar-refractivity contribution in [2.45, 2.75) is 13.1 Å². The number of nitrogens with zero attached hydrogens (tertiary/aromatic N) is 2. The van der Waals surface area contributed by atoms with Crippen LogP contribution >= 0.6 is 11.6 Å². The Balaban J connectivity index is 1.77. The summed E-state index contributed by atoms with van der Waals surface area (Å²) in [6, 6.07) is 19.7. The average Bonchev–Trinajstić information content (AvgIpc) is 2.77. The third-order valence-electron chi connectivity index (χ3n) is 4.80. The largest absolute Gasteiger partial charge is 0.506 e. The Kier molecular flexibility index (Phi) is 5.50. The van der Waals surface area contributed by atoms with Crippen LogP contribution in [0.15, 0.2) is 77.7 Å². The normalized spacial score (nSPS) is 10.8. The highest BCUT2D eigenvalue weighted by molar-refractivity contribution is 6.31. The molecule has 0 fully saturated rings. The van der Waals surface area contributed by atoms with Gasteiger partial charge in [-0.1, -0.05) is 60.1 Å². The quantitative estimate of drug-likeness (QED) is 0.516. The van der Waals surface area contributed by atoms with Gasteiger partial charge in [0, 0.05) is 17.8 Å². The van der Waals surface area contributed by atoms with Gasteiger partial charge in [0.25, 0.3) is 11.5 Å². The Hall–Kier alpha value is -3.64. The van der Waals surface area contributed by atoms with E-state index < -0.39 is 11.5 Å². The second kappa shape index (κ2) is 8.39. The number of hydrogen-bond donors (Lipinski definition) is 2. The molecule has 2 aromatic heterocycles. The van der Waals surface area contributed by atoms with Crippen LogP contribution in [0.3, 0.4) is 0 Å². The van der Waals surface area contributed by atoms with E-state index in [1.807, 2.05) is 30.3 Å². The second-order valence-electron chi connectivity index (χ2n) is 6.75. The fourth-order valence-electron chi connectivity index (χ4n) is 3.29. The van der Waals surface area contributed by atoms with Crippen molar-refractivity contribution in [3.63, 3.8) is 0 Å². The van der Waals surface area contributed by atoms with Gasteiger partial charge in [0.15, 0.2) is 0 Å². The SMILES string of the molecule is O=C(NCc1ccccc1Cl)c1c(O)c2cccnc2n(Cc2ccccc2)c1=O. The molecular weight excluding hydrogens is 402 g/mol. The maximum absolute atomic E-state index is 13.2. The molecule has 6 nitrogen and oxygen atoms in total. The fourth-order valence-corrected chi connectivity index (χ4v) is 3.49. The van der Waals surface area contributed by atoms with E-state index in [1.165, 1.54) is 4.57 Å². The number of fused-ring (bicyclic) bond motifs is 1. The molecular formula is C23H18ClN3O3. The number of aromatic nitrogens is 2. The maximum atomic E-state index is 13.2. The monoisotopic (exact) mass is 419 g/mol. The van der Waals surface area contributed by atoms with Gasteiger partial charge in [-0.3, -0.25) is 14.2 Å². The van der Waals surface area contributed by atoms with E-state index in [-0.39, 0.29) is 24.4 Å². The Labute approximate surface area is 177 Å². The summed E-state index contributed by atoms with van der Waals surface area (Å²) in [5.41, 5.74) is 0.961. The molecule has 7 heteroatoms. The molecule has 0 aliphatic carbocycles. The number of aromatic hydroxyl groups is 1. The maximum Gasteiger partial charge on any atom is 0.269 e. The number of hydrogen-bond acceptors (Lipinski definition) is 4. The summed E-state index contributed by atoms with van der Waals surface area (Å²) in [5.74, 6) is -1.06. The second-order valence-corrected chi connectivity index (χ2v) is 7.16. The van der Waals surface area contributed by atoms with Crippen LogP contribution in [0.1, 0.15) is 21.5 Å². The zero-order valence-corrected chi connectivity index (χ0v) is 16.6. The van der Waals surface area contributed by atoms with Crippen molar-refractivity contribution in [2.24, 2.45) is 0 Å². The highest BCUT2D eigenvalue weighted by Crippen LogP contribution is 2.25. The zero-order chi connectivity index (χ0) is 21.1. The molecule has 0 atom stereocenters. The number of pyridine rings is 2. The smallest absolute Gasteiger partial charge is 0.269 e. The van der Waals surface area contributed by atoms with Crippen LogP contribution in [0.25, 0.3) is 11.0 Å². The molecule has 2 N–H and O–H groups in total. The van der Waals surface area contributed by atoms with Crippen molar-refractivity contribution in [1.82, 2.24) is 14.9 Å². The van der Waals surface area contributed by atoms with Crippen LogP contribution in [0.5, 0.6) is 5.75 Å². The molecule has 1 amide bonds. The number of rotatable bonds is 5. The number of amides is 1. The Morgan fingerprint density at radius 3 is 2.53 bits per heavy atom. The molecule has 30 heavy (non-hydrogen) atoms. The van der Waals surface area contributed by atoms with E-state index in [1.54, 1.807) is 42.6 Å². The third-order valence-corrected chi connectivity index (χ3v) is 5.17. The van der Waals surface area contributed by atoms with Crippen LogP contribution in [-0.2, 0) is 13.1 Å². The van der Waals surface area contributed by atoms with E-state index in [4.69, 9.17) is 11.6 Å². The van der Waals surface area contributed by atoms with Gasteiger partial charge in [-0.15, -0.1) is 0 Å². The van der Waals surface area contributed by atoms with Gasteiger partial charge in [-0.2, -0.15) is 0 Å². The lowest BCUT2D eigenvalue weighted by atomic mass is 10.1. The highest BCUT2D eigenvalue weighted by Gasteiger charge is 2.23. The number of nitrogens with one attached hydrogen (secondary N) is 1. The van der Waals surface area contributed by atoms with Gasteiger partial charge < -0.3 is 10.4 Å². The molecule has 0 saturated carbocycles. The predicted molar refractivity (Wildman–Crippen MR) is 116 cm³/mol. The first-order valence-electron chi connectivity index (χ1n) is 9.32. The van der Waals surface area contributed by atoms with Crippen molar-refractivity contribution in [1.29, 1.82) is 0 Å². The van der Waals surface area contributed by atoms with Crippen LogP contribution in [0.4, 0.5) is 0 Å². The van der Waals surface area contributed by atoms with Crippen LogP contribution in [0, 0.1) is 0 Å². The van der Waals surface area contributed by atoms with Gasteiger partial charge in [0.1, 0.15) is 17.0 Å². The molecule has 2 heterocycles. The lowest BCUT2D eigenvalue weighted by Gasteiger charge is -2.14. The number of halogens is 1. The van der Waals surface area contributed by atoms with Crippen molar-refractivity contribution >= 4 is 28.5 Å². The molecule has 2 aromatic carbocycles. The molecule has 0 aliphatic rings. The van der Waals surface area contributed by atoms with Gasteiger partial charge >= 0.3 is 0 Å². The summed E-state index contributed by atoms with van der Waals surface area (Å²) in [5, 5.41) is 14.2. The van der Waals surface area contributed by atoms with Crippen LogP contribution in [-0.4, -0.2) is 20.6 Å². The number of carbonyl (C=O) groups is 1. The van der Waals surface area contributed by atoms with E-state index in [0.29, 0.717) is 21.6 Å². The minimum atomic E-state index is -0.676. The van der Waals surface area contributed by atoms with Gasteiger partial charge in [-0.25, -0.2) is 4.98 Å². The lowest BCUT2D eigenvalue weighted by Crippen LogP contribution is -2.33. The van der Waals surface area contributed by atoms with E-state index in [0.717, 1.165) is 5.56 Å². The van der Waals surface area contributed by atoms with Crippen LogP contribution in [0.2, 0.25) is 5.02 Å². The van der Waals surface area contributed by atoms with Crippen molar-refractivity contribution in [2.75, 3.05) is 0 Å². The summed E-state index contributed by atoms with van der Waals surface area (Å²) in [4.78, 5) is 30.3. The molecule has 0 unspecified atom stereocenters. The molecule has 150 valence electrons. The van der Waals surface area contributed by atoms with Crippen molar-refractivity contribution < 1.29 is 9.90 Å². The third kappa shape index (κ3) is 3.77. The Morgan fingerprint density at radius 2 is 1.77 bits per heavy atom. The van der Waals surface area contributed by atoms with Crippen LogP contribution < -0.4 is 10.9 Å². The van der Waals surface area contributed by atoms with Gasteiger partial charge in [-0.05, 0) is 29.3 Å². The van der Waals surface area contributed by atoms with Gasteiger partial charge in [0.2, 0.25) is 0 Å². The van der Waals surface area contributed by atoms with Gasteiger partial charge in [0.05, 0.1) is 11.9 Å². The van der Waals surface area contributed by atoms with E-state index in [9.17, 15) is 14.7 Å². The predicted octanol–water partition coefficient (Wildman–Crippen LogP) is 3.73. The van der Waals surface area contributed by atoms with Crippen molar-refractivity contribution in [3.05, 3.63) is 105 Å². The summed E-state index contributed by atoms with van der Waals surface area (Å²) in [6.45, 7) is 0.347. The summed E-state index contributed by atoms with van der Waals surface area (Å²) < 4.78 is 1.40. The first kappa shape index (κ1) is 19.7. The summed E-state index contributed by atoms with van der Waals surface area (Å²) in [6.07, 6.45) is 1.54. The Bertz CT molecular complexity index is 1290. The van der Waals surface area contributed by atoms with E-state index >= 15 is 0 Å². The molecule has 0 saturated heterocycles. The number of carbonyl (C=O) groups excluding carboxylic acids is 1. The average molecular weight is 420 g/mol. The Morgan fingerprint density at radius 1 is 1.03 bits per heavy atom. The standard InChI is InChI=1S/C23H18ClN3O3/c24-18-11-5-4-9-16(18)13-26-22(29)19-20(28)17-10-6-12-25-21(17)27(23(19)30)14-15-7-2-1-3-8-15/h1-12,28H,13-14H2,(H,26,29).